The summed E-state index contributed by atoms with van der Waals surface area (Å²) in [6, 6.07) is -0.306. The van der Waals surface area contributed by atoms with Crippen LogP contribution in [0.5, 0.6) is 0 Å². The van der Waals surface area contributed by atoms with Crippen LogP contribution in [-0.4, -0.2) is 26.7 Å². The Morgan fingerprint density at radius 2 is 2.35 bits per heavy atom. The van der Waals surface area contributed by atoms with E-state index in [0.717, 1.165) is 18.0 Å². The molecule has 1 aromatic rings. The average Bonchev–Trinajstić information content (AvgIpc) is 2.99. The third-order valence-corrected chi connectivity index (χ3v) is 3.57. The van der Waals surface area contributed by atoms with Gasteiger partial charge in [-0.15, -0.1) is 0 Å². The Kier molecular flexibility index (Phi) is 3.37. The van der Waals surface area contributed by atoms with E-state index in [-0.39, 0.29) is 0 Å². The first-order chi connectivity index (χ1) is 8.08. The number of nitrogens with one attached hydrogen (secondary N) is 1. The summed E-state index contributed by atoms with van der Waals surface area (Å²) in [7, 11) is 0. The lowest BCUT2D eigenvalue weighted by Gasteiger charge is -2.10. The predicted molar refractivity (Wildman–Crippen MR) is 63.5 cm³/mol. The number of aromatic nitrogens is 2. The third-order valence-electron chi connectivity index (χ3n) is 2.47. The van der Waals surface area contributed by atoms with E-state index >= 15 is 0 Å². The Morgan fingerprint density at radius 3 is 2.94 bits per heavy atom. The molecule has 0 saturated heterocycles. The van der Waals surface area contributed by atoms with Gasteiger partial charge in [0, 0.05) is 18.4 Å². The van der Waals surface area contributed by atoms with Crippen molar-refractivity contribution in [1.29, 1.82) is 0 Å². The molecule has 2 rings (SSSR count). The van der Waals surface area contributed by atoms with E-state index in [1.165, 1.54) is 11.8 Å². The van der Waals surface area contributed by atoms with Crippen molar-refractivity contribution < 1.29 is 9.59 Å². The molecule has 6 nitrogen and oxygen atoms in total. The highest BCUT2D eigenvalue weighted by Gasteiger charge is 2.27. The quantitative estimate of drug-likeness (QED) is 0.781. The van der Waals surface area contributed by atoms with Crippen LogP contribution < -0.4 is 11.1 Å². The van der Waals surface area contributed by atoms with Crippen LogP contribution in [0.4, 0.5) is 4.79 Å². The van der Waals surface area contributed by atoms with E-state index in [1.54, 1.807) is 13.1 Å². The number of carbonyl (C=O) groups excluding carboxylic acids is 2. The van der Waals surface area contributed by atoms with Crippen molar-refractivity contribution in [3.63, 3.8) is 0 Å². The number of imide groups is 1. The number of hydrogen-bond donors (Lipinski definition) is 2. The van der Waals surface area contributed by atoms with Crippen molar-refractivity contribution in [2.24, 2.45) is 5.73 Å². The fourth-order valence-electron chi connectivity index (χ4n) is 1.46. The Hall–Kier alpha value is -1.50. The molecule has 0 radical (unpaired) electrons. The minimum atomic E-state index is -0.826. The summed E-state index contributed by atoms with van der Waals surface area (Å²) in [6.07, 6.45) is 5.95. The number of carbonyl (C=O) groups is 2. The largest absolute Gasteiger partial charge is 0.351 e. The molecule has 0 bridgehead atoms. The lowest BCUT2D eigenvalue weighted by Crippen LogP contribution is -2.39. The second-order valence-corrected chi connectivity index (χ2v) is 5.27. The molecule has 7 heteroatoms. The monoisotopic (exact) mass is 254 g/mol. The van der Waals surface area contributed by atoms with Crippen LogP contribution in [0.1, 0.15) is 25.8 Å². The summed E-state index contributed by atoms with van der Waals surface area (Å²) in [5.41, 5.74) is 4.89. The molecule has 1 saturated carbocycles. The SMILES string of the molecule is CC(Sc1nccn1C1CC1)C(=O)NC(N)=O. The second kappa shape index (κ2) is 4.79. The van der Waals surface area contributed by atoms with Crippen LogP contribution in [0, 0.1) is 0 Å². The molecule has 1 fully saturated rings. The maximum Gasteiger partial charge on any atom is 0.318 e. The van der Waals surface area contributed by atoms with Crippen molar-refractivity contribution in [2.75, 3.05) is 0 Å². The maximum absolute atomic E-state index is 11.5. The highest BCUT2D eigenvalue weighted by atomic mass is 32.2. The van der Waals surface area contributed by atoms with Gasteiger partial charge in [-0.3, -0.25) is 10.1 Å². The van der Waals surface area contributed by atoms with Gasteiger partial charge in [0.1, 0.15) is 0 Å². The Morgan fingerprint density at radius 1 is 1.65 bits per heavy atom. The minimum absolute atomic E-state index is 0.396. The van der Waals surface area contributed by atoms with Gasteiger partial charge in [0.15, 0.2) is 5.16 Å². The molecule has 1 atom stereocenters. The van der Waals surface area contributed by atoms with Crippen molar-refractivity contribution in [1.82, 2.24) is 14.9 Å². The van der Waals surface area contributed by atoms with Gasteiger partial charge in [-0.1, -0.05) is 11.8 Å². The molecular formula is C10H14N4O2S. The predicted octanol–water partition coefficient (Wildman–Crippen LogP) is 0.894. The number of urea groups is 1. The Balaban J connectivity index is 1.97. The van der Waals surface area contributed by atoms with Gasteiger partial charge in [0.05, 0.1) is 5.25 Å². The summed E-state index contributed by atoms with van der Waals surface area (Å²) in [6.45, 7) is 1.72. The first kappa shape index (κ1) is 12.0. The zero-order chi connectivity index (χ0) is 12.4. The van der Waals surface area contributed by atoms with E-state index in [1.807, 2.05) is 6.20 Å². The highest BCUT2D eigenvalue weighted by molar-refractivity contribution is 8.00. The first-order valence-corrected chi connectivity index (χ1v) is 6.25. The van der Waals surface area contributed by atoms with E-state index < -0.39 is 17.2 Å². The third kappa shape index (κ3) is 3.00. The molecule has 0 aromatic carbocycles. The van der Waals surface area contributed by atoms with E-state index in [2.05, 4.69) is 14.9 Å². The van der Waals surface area contributed by atoms with Crippen molar-refractivity contribution in [3.8, 4) is 0 Å². The smallest absolute Gasteiger partial charge is 0.318 e. The van der Waals surface area contributed by atoms with Crippen LogP contribution in [0.15, 0.2) is 17.6 Å². The average molecular weight is 254 g/mol. The van der Waals surface area contributed by atoms with Gasteiger partial charge in [-0.2, -0.15) is 0 Å². The molecule has 1 aromatic heterocycles. The van der Waals surface area contributed by atoms with Crippen LogP contribution in [-0.2, 0) is 4.79 Å². The number of thioether (sulfide) groups is 1. The lowest BCUT2D eigenvalue weighted by atomic mass is 10.4. The fraction of sp³-hybridized carbons (Fsp3) is 0.500. The summed E-state index contributed by atoms with van der Waals surface area (Å²) in [5.74, 6) is -0.396. The molecule has 0 aliphatic heterocycles. The molecular weight excluding hydrogens is 240 g/mol. The Bertz CT molecular complexity index is 441. The number of nitrogens with two attached hydrogens (primary N) is 1. The molecule has 1 aliphatic rings. The number of imidazole rings is 1. The van der Waals surface area contributed by atoms with E-state index in [4.69, 9.17) is 5.73 Å². The summed E-state index contributed by atoms with van der Waals surface area (Å²) in [5, 5.41) is 2.47. The van der Waals surface area contributed by atoms with Gasteiger partial charge in [-0.25, -0.2) is 9.78 Å². The molecule has 3 N–H and O–H groups in total. The fourth-order valence-corrected chi connectivity index (χ4v) is 2.39. The zero-order valence-electron chi connectivity index (χ0n) is 9.42. The molecule has 3 amide bonds. The lowest BCUT2D eigenvalue weighted by molar-refractivity contribution is -0.119. The van der Waals surface area contributed by atoms with Gasteiger partial charge < -0.3 is 10.3 Å². The normalized spacial score (nSPS) is 16.5. The topological polar surface area (TPSA) is 90.0 Å². The van der Waals surface area contributed by atoms with Gasteiger partial charge in [-0.05, 0) is 19.8 Å². The summed E-state index contributed by atoms with van der Waals surface area (Å²) in [4.78, 5) is 26.3. The van der Waals surface area contributed by atoms with Crippen LogP contribution in [0.3, 0.4) is 0 Å². The molecule has 0 spiro atoms. The van der Waals surface area contributed by atoms with Gasteiger partial charge in [0.2, 0.25) is 5.91 Å². The van der Waals surface area contributed by atoms with Crippen molar-refractivity contribution in [2.45, 2.75) is 36.2 Å². The number of amides is 3. The molecule has 1 heterocycles. The molecule has 1 unspecified atom stereocenters. The number of nitrogens with zero attached hydrogens (tertiary/aromatic N) is 2. The minimum Gasteiger partial charge on any atom is -0.351 e. The van der Waals surface area contributed by atoms with Crippen LogP contribution >= 0.6 is 11.8 Å². The highest BCUT2D eigenvalue weighted by Crippen LogP contribution is 2.38. The molecule has 17 heavy (non-hydrogen) atoms. The van der Waals surface area contributed by atoms with Crippen LogP contribution in [0.2, 0.25) is 0 Å². The summed E-state index contributed by atoms with van der Waals surface area (Å²) < 4.78 is 2.07. The number of rotatable bonds is 4. The standard InChI is InChI=1S/C10H14N4O2S/c1-6(8(15)13-9(11)16)17-10-12-4-5-14(10)7-2-3-7/h4-7H,2-3H2,1H3,(H3,11,13,15,16). The van der Waals surface area contributed by atoms with Gasteiger partial charge in [0.25, 0.3) is 0 Å². The van der Waals surface area contributed by atoms with Crippen molar-refractivity contribution >= 4 is 23.7 Å². The molecule has 92 valence electrons. The zero-order valence-corrected chi connectivity index (χ0v) is 10.2. The van der Waals surface area contributed by atoms with E-state index in [9.17, 15) is 9.59 Å². The summed E-state index contributed by atoms with van der Waals surface area (Å²) >= 11 is 1.33. The van der Waals surface area contributed by atoms with Gasteiger partial charge >= 0.3 is 6.03 Å². The maximum atomic E-state index is 11.5. The first-order valence-electron chi connectivity index (χ1n) is 5.37. The number of hydrogen-bond acceptors (Lipinski definition) is 4. The van der Waals surface area contributed by atoms with Crippen LogP contribution in [0.25, 0.3) is 0 Å². The Labute approximate surface area is 103 Å². The van der Waals surface area contributed by atoms with E-state index in [0.29, 0.717) is 6.04 Å². The van der Waals surface area contributed by atoms with Crippen molar-refractivity contribution in [3.05, 3.63) is 12.4 Å². The number of primary amides is 1. The second-order valence-electron chi connectivity index (χ2n) is 3.96. The molecule has 1 aliphatic carbocycles.